The van der Waals surface area contributed by atoms with Crippen LogP contribution >= 0.6 is 0 Å². The quantitative estimate of drug-likeness (QED) is 0.279. The fourth-order valence-electron chi connectivity index (χ4n) is 3.74. The summed E-state index contributed by atoms with van der Waals surface area (Å²) in [5.74, 6) is -0.515. The molecular weight excluding hydrogens is 396 g/mol. The molecule has 1 aromatic rings. The van der Waals surface area contributed by atoms with Gasteiger partial charge in [0.05, 0.1) is 17.9 Å². The van der Waals surface area contributed by atoms with E-state index in [-0.39, 0.29) is 0 Å². The normalized spacial score (nSPS) is 26.9. The van der Waals surface area contributed by atoms with Crippen molar-refractivity contribution in [2.45, 2.75) is 77.0 Å². The Hall–Kier alpha value is -1.93. The summed E-state index contributed by atoms with van der Waals surface area (Å²) in [6.45, 7) is 9.78. The molecule has 5 N–H and O–H groups in total. The van der Waals surface area contributed by atoms with Crippen molar-refractivity contribution in [1.29, 1.82) is 0 Å². The number of unbranched alkanes of at least 4 members (excludes halogenated alkanes) is 1. The van der Waals surface area contributed by atoms with Gasteiger partial charge in [0.25, 0.3) is 0 Å². The first-order valence-corrected chi connectivity index (χ1v) is 11.2. The van der Waals surface area contributed by atoms with Crippen LogP contribution in [-0.4, -0.2) is 47.3 Å². The third kappa shape index (κ3) is 8.26. The van der Waals surface area contributed by atoms with Crippen LogP contribution in [0.25, 0.3) is 0 Å². The van der Waals surface area contributed by atoms with Crippen LogP contribution < -0.4 is 11.1 Å². The van der Waals surface area contributed by atoms with Gasteiger partial charge in [-0.05, 0) is 30.9 Å². The van der Waals surface area contributed by atoms with Crippen LogP contribution in [0.15, 0.2) is 42.7 Å². The first-order chi connectivity index (χ1) is 14.8. The molecule has 0 radical (unpaired) electrons. The maximum Gasteiger partial charge on any atom is 0.335 e. The highest BCUT2D eigenvalue weighted by Crippen LogP contribution is 2.27. The predicted octanol–water partition coefficient (Wildman–Crippen LogP) is 3.03. The Morgan fingerprint density at radius 2 is 2.00 bits per heavy atom. The van der Waals surface area contributed by atoms with E-state index in [9.17, 15) is 15.0 Å². The summed E-state index contributed by atoms with van der Waals surface area (Å²) in [7, 11) is 0. The lowest BCUT2D eigenvalue weighted by Crippen LogP contribution is -2.59. The number of carbonyl (C=O) groups is 1. The van der Waals surface area contributed by atoms with Gasteiger partial charge in [0, 0.05) is 18.9 Å². The number of hydrogen-bond acceptors (Lipinski definition) is 6. The van der Waals surface area contributed by atoms with Gasteiger partial charge in [-0.2, -0.15) is 0 Å². The molecule has 2 rings (SSSR count). The second kappa shape index (κ2) is 12.8. The number of benzene rings is 1. The molecule has 7 nitrogen and oxygen atoms in total. The Labute approximate surface area is 185 Å². The highest BCUT2D eigenvalue weighted by Gasteiger charge is 2.45. The van der Waals surface area contributed by atoms with Gasteiger partial charge in [0.1, 0.15) is 0 Å². The maximum atomic E-state index is 11.3. The molecular formula is C24H38N2O5. The summed E-state index contributed by atoms with van der Waals surface area (Å²) in [6, 6.07) is 9.77. The number of aliphatic hydroxyl groups excluding tert-OH is 1. The van der Waals surface area contributed by atoms with Crippen molar-refractivity contribution in [2.24, 2.45) is 17.6 Å². The van der Waals surface area contributed by atoms with Crippen LogP contribution in [0.2, 0.25) is 0 Å². The standard InChI is InChI=1S/C24H38N2O5/c1-16(13-14-26-15-19-11-5-4-6-12-19)9-7-8-10-17(2)30-24-20(25)18(3)21(27)22(31-24)23(28)29/h4-6,11-12,16,18,20-22,24,26-27H,2,7-10,13-15,25H2,1,3H3,(H,28,29). The van der Waals surface area contributed by atoms with E-state index in [4.69, 9.17) is 15.2 Å². The summed E-state index contributed by atoms with van der Waals surface area (Å²) in [4.78, 5) is 11.3. The summed E-state index contributed by atoms with van der Waals surface area (Å²) < 4.78 is 11.1. The van der Waals surface area contributed by atoms with Gasteiger partial charge in [-0.1, -0.05) is 63.6 Å². The average Bonchev–Trinajstić information content (AvgIpc) is 2.75. The first kappa shape index (κ1) is 25.3. The molecule has 1 aromatic carbocycles. The minimum atomic E-state index is -1.34. The lowest BCUT2D eigenvalue weighted by molar-refractivity contribution is -0.237. The van der Waals surface area contributed by atoms with E-state index in [0.29, 0.717) is 18.1 Å². The van der Waals surface area contributed by atoms with E-state index in [2.05, 4.69) is 43.1 Å². The molecule has 6 unspecified atom stereocenters. The van der Waals surface area contributed by atoms with Crippen molar-refractivity contribution in [3.8, 4) is 0 Å². The van der Waals surface area contributed by atoms with Gasteiger partial charge < -0.3 is 30.7 Å². The van der Waals surface area contributed by atoms with Crippen molar-refractivity contribution in [3.05, 3.63) is 48.2 Å². The molecule has 0 saturated carbocycles. The van der Waals surface area contributed by atoms with E-state index in [0.717, 1.165) is 38.8 Å². The number of aliphatic carboxylic acids is 1. The molecule has 0 spiro atoms. The van der Waals surface area contributed by atoms with Crippen LogP contribution in [0.3, 0.4) is 0 Å². The Morgan fingerprint density at radius 1 is 1.29 bits per heavy atom. The Balaban J connectivity index is 1.59. The van der Waals surface area contributed by atoms with Gasteiger partial charge in [0.2, 0.25) is 6.29 Å². The van der Waals surface area contributed by atoms with Crippen LogP contribution in [0.1, 0.15) is 51.5 Å². The number of carboxylic acid groups (broad SMARTS) is 1. The van der Waals surface area contributed by atoms with Crippen molar-refractivity contribution < 1.29 is 24.5 Å². The van der Waals surface area contributed by atoms with Gasteiger partial charge in [0.15, 0.2) is 6.10 Å². The smallest absolute Gasteiger partial charge is 0.335 e. The summed E-state index contributed by atoms with van der Waals surface area (Å²) in [5.41, 5.74) is 7.36. The largest absolute Gasteiger partial charge is 0.479 e. The molecule has 1 aliphatic rings. The van der Waals surface area contributed by atoms with Gasteiger partial charge in [-0.25, -0.2) is 4.79 Å². The molecule has 0 aromatic heterocycles. The van der Waals surface area contributed by atoms with Gasteiger partial charge in [-0.3, -0.25) is 0 Å². The van der Waals surface area contributed by atoms with Crippen molar-refractivity contribution in [1.82, 2.24) is 5.32 Å². The van der Waals surface area contributed by atoms with E-state index < -0.39 is 36.4 Å². The molecule has 1 aliphatic heterocycles. The van der Waals surface area contributed by atoms with Crippen LogP contribution in [0.4, 0.5) is 0 Å². The minimum Gasteiger partial charge on any atom is -0.479 e. The van der Waals surface area contributed by atoms with Gasteiger partial charge >= 0.3 is 5.97 Å². The molecule has 1 fully saturated rings. The molecule has 1 saturated heterocycles. The van der Waals surface area contributed by atoms with Crippen LogP contribution in [-0.2, 0) is 20.8 Å². The van der Waals surface area contributed by atoms with Crippen molar-refractivity contribution >= 4 is 5.97 Å². The minimum absolute atomic E-state index is 0.455. The number of ether oxygens (including phenoxy) is 2. The maximum absolute atomic E-state index is 11.3. The van der Waals surface area contributed by atoms with E-state index in [1.807, 2.05) is 6.07 Å². The Kier molecular flexibility index (Phi) is 10.5. The number of allylic oxidation sites excluding steroid dienone is 1. The van der Waals surface area contributed by atoms with Gasteiger partial charge in [-0.15, -0.1) is 0 Å². The van der Waals surface area contributed by atoms with E-state index >= 15 is 0 Å². The fourth-order valence-corrected chi connectivity index (χ4v) is 3.74. The second-order valence-corrected chi connectivity index (χ2v) is 8.65. The topological polar surface area (TPSA) is 114 Å². The number of rotatable bonds is 13. The third-order valence-electron chi connectivity index (χ3n) is 5.97. The molecule has 31 heavy (non-hydrogen) atoms. The number of hydrogen-bond donors (Lipinski definition) is 4. The molecule has 6 atom stereocenters. The number of nitrogens with two attached hydrogens (primary N) is 1. The second-order valence-electron chi connectivity index (χ2n) is 8.65. The van der Waals surface area contributed by atoms with E-state index in [1.54, 1.807) is 6.92 Å². The molecule has 0 aliphatic carbocycles. The molecule has 174 valence electrons. The fraction of sp³-hybridized carbons (Fsp3) is 0.625. The summed E-state index contributed by atoms with van der Waals surface area (Å²) in [6.07, 6.45) is 1.50. The Morgan fingerprint density at radius 3 is 2.68 bits per heavy atom. The molecule has 1 heterocycles. The average molecular weight is 435 g/mol. The predicted molar refractivity (Wildman–Crippen MR) is 120 cm³/mol. The van der Waals surface area contributed by atoms with Crippen LogP contribution in [0, 0.1) is 11.8 Å². The Bertz CT molecular complexity index is 684. The molecule has 0 amide bonds. The van der Waals surface area contributed by atoms with Crippen molar-refractivity contribution in [2.75, 3.05) is 6.54 Å². The summed E-state index contributed by atoms with van der Waals surface area (Å²) >= 11 is 0. The monoisotopic (exact) mass is 434 g/mol. The lowest BCUT2D eigenvalue weighted by Gasteiger charge is -2.40. The zero-order valence-corrected chi connectivity index (χ0v) is 18.7. The highest BCUT2D eigenvalue weighted by atomic mass is 16.7. The first-order valence-electron chi connectivity index (χ1n) is 11.2. The lowest BCUT2D eigenvalue weighted by atomic mass is 9.89. The number of aliphatic hydroxyl groups is 1. The molecule has 7 heteroatoms. The summed E-state index contributed by atoms with van der Waals surface area (Å²) in [5, 5.41) is 22.7. The van der Waals surface area contributed by atoms with Crippen LogP contribution in [0.5, 0.6) is 0 Å². The SMILES string of the molecule is C=C(CCCCC(C)CCNCc1ccccc1)OC1OC(C(=O)O)C(O)C(C)C1N. The molecule has 0 bridgehead atoms. The van der Waals surface area contributed by atoms with E-state index in [1.165, 1.54) is 5.56 Å². The highest BCUT2D eigenvalue weighted by molar-refractivity contribution is 5.73. The number of carboxylic acids is 1. The zero-order valence-electron chi connectivity index (χ0n) is 18.7. The zero-order chi connectivity index (χ0) is 22.8. The van der Waals surface area contributed by atoms with Crippen molar-refractivity contribution in [3.63, 3.8) is 0 Å². The third-order valence-corrected chi connectivity index (χ3v) is 5.97. The number of nitrogens with one attached hydrogen (secondary N) is 1.